The number of unbranched alkanes of at least 4 members (excludes halogenated alkanes) is 13. The molecule has 0 aromatic carbocycles. The molecule has 0 spiro atoms. The molecule has 0 aliphatic heterocycles. The molecule has 0 radical (unpaired) electrons. The van der Waals surface area contributed by atoms with Crippen LogP contribution < -0.4 is 0 Å². The van der Waals surface area contributed by atoms with E-state index in [1.165, 1.54) is 102 Å². The van der Waals surface area contributed by atoms with Crippen LogP contribution in [0.3, 0.4) is 0 Å². The van der Waals surface area contributed by atoms with Gasteiger partial charge in [0, 0.05) is 14.2 Å². The van der Waals surface area contributed by atoms with E-state index in [4.69, 9.17) is 8.85 Å². The van der Waals surface area contributed by atoms with Crippen molar-refractivity contribution in [3.05, 3.63) is 0 Å². The lowest BCUT2D eigenvalue weighted by atomic mass is 10.1. The first kappa shape index (κ1) is 24.1. The summed E-state index contributed by atoms with van der Waals surface area (Å²) in [6, 6.07) is 2.34. The highest BCUT2D eigenvalue weighted by atomic mass is 28.4. The highest BCUT2D eigenvalue weighted by molar-refractivity contribution is 6.67. The molecule has 0 saturated carbocycles. The van der Waals surface area contributed by atoms with E-state index in [-0.39, 0.29) is 0 Å². The second-order valence-electron chi connectivity index (χ2n) is 7.42. The van der Waals surface area contributed by atoms with E-state index in [1.54, 1.807) is 0 Å². The maximum Gasteiger partial charge on any atom is 0.337 e. The topological polar surface area (TPSA) is 18.5 Å². The van der Waals surface area contributed by atoms with Crippen molar-refractivity contribution in [1.29, 1.82) is 0 Å². The average Bonchev–Trinajstić information content (AvgIpc) is 2.62. The van der Waals surface area contributed by atoms with Crippen molar-refractivity contribution >= 4 is 8.56 Å². The standard InChI is InChI=1S/C21H46O2Si/c1-5-7-9-10-11-12-13-14-15-16-17-18-19-21-24(22-3,23-4)20-8-6-2/h5-21H2,1-4H3. The van der Waals surface area contributed by atoms with Gasteiger partial charge in [-0.05, 0) is 12.1 Å². The van der Waals surface area contributed by atoms with Gasteiger partial charge in [-0.1, -0.05) is 110 Å². The van der Waals surface area contributed by atoms with Crippen LogP contribution in [0.15, 0.2) is 0 Å². The fourth-order valence-corrected chi connectivity index (χ4v) is 6.39. The molecule has 0 aromatic rings. The Morgan fingerprint density at radius 1 is 0.458 bits per heavy atom. The first-order valence-corrected chi connectivity index (χ1v) is 13.1. The minimum Gasteiger partial charge on any atom is -0.398 e. The van der Waals surface area contributed by atoms with Gasteiger partial charge in [0.05, 0.1) is 0 Å². The summed E-state index contributed by atoms with van der Waals surface area (Å²) in [5.74, 6) is 0. The Labute approximate surface area is 154 Å². The highest BCUT2D eigenvalue weighted by Crippen LogP contribution is 2.24. The van der Waals surface area contributed by atoms with Gasteiger partial charge in [0.15, 0.2) is 0 Å². The second kappa shape index (κ2) is 17.9. The molecular formula is C21H46O2Si. The lowest BCUT2D eigenvalue weighted by Gasteiger charge is -2.27. The molecule has 0 atom stereocenters. The quantitative estimate of drug-likeness (QED) is 0.175. The van der Waals surface area contributed by atoms with Crippen LogP contribution in [-0.2, 0) is 8.85 Å². The van der Waals surface area contributed by atoms with Crippen LogP contribution in [0.4, 0.5) is 0 Å². The molecule has 0 heterocycles. The van der Waals surface area contributed by atoms with Gasteiger partial charge in [0.25, 0.3) is 0 Å². The van der Waals surface area contributed by atoms with E-state index in [9.17, 15) is 0 Å². The van der Waals surface area contributed by atoms with Crippen LogP contribution in [0, 0.1) is 0 Å². The Morgan fingerprint density at radius 3 is 1.17 bits per heavy atom. The van der Waals surface area contributed by atoms with Crippen molar-refractivity contribution < 1.29 is 8.85 Å². The van der Waals surface area contributed by atoms with Gasteiger partial charge in [0.2, 0.25) is 0 Å². The summed E-state index contributed by atoms with van der Waals surface area (Å²) >= 11 is 0. The van der Waals surface area contributed by atoms with E-state index in [2.05, 4.69) is 13.8 Å². The molecule has 0 aliphatic rings. The summed E-state index contributed by atoms with van der Waals surface area (Å²) in [6.07, 6.45) is 20.8. The Kier molecular flexibility index (Phi) is 18.0. The van der Waals surface area contributed by atoms with E-state index in [0.717, 1.165) is 6.04 Å². The maximum atomic E-state index is 5.81. The smallest absolute Gasteiger partial charge is 0.337 e. The van der Waals surface area contributed by atoms with Crippen molar-refractivity contribution in [2.75, 3.05) is 14.2 Å². The van der Waals surface area contributed by atoms with Crippen molar-refractivity contribution in [3.8, 4) is 0 Å². The van der Waals surface area contributed by atoms with E-state index in [0.29, 0.717) is 0 Å². The van der Waals surface area contributed by atoms with Gasteiger partial charge in [-0.15, -0.1) is 0 Å². The monoisotopic (exact) mass is 358 g/mol. The van der Waals surface area contributed by atoms with Crippen molar-refractivity contribution in [1.82, 2.24) is 0 Å². The molecule has 0 aromatic heterocycles. The minimum atomic E-state index is -1.86. The first-order chi connectivity index (χ1) is 11.7. The van der Waals surface area contributed by atoms with Crippen LogP contribution in [0.25, 0.3) is 0 Å². The molecule has 24 heavy (non-hydrogen) atoms. The second-order valence-corrected chi connectivity index (χ2v) is 11.1. The number of hydrogen-bond acceptors (Lipinski definition) is 2. The van der Waals surface area contributed by atoms with E-state index >= 15 is 0 Å². The Hall–Kier alpha value is 0.137. The Bertz CT molecular complexity index is 242. The third kappa shape index (κ3) is 13.4. The van der Waals surface area contributed by atoms with E-state index < -0.39 is 8.56 Å². The number of rotatable bonds is 19. The predicted molar refractivity (Wildman–Crippen MR) is 110 cm³/mol. The molecule has 0 aliphatic carbocycles. The molecular weight excluding hydrogens is 312 g/mol. The van der Waals surface area contributed by atoms with E-state index in [1.807, 2.05) is 14.2 Å². The van der Waals surface area contributed by atoms with Gasteiger partial charge in [-0.2, -0.15) is 0 Å². The average molecular weight is 359 g/mol. The largest absolute Gasteiger partial charge is 0.398 e. The third-order valence-corrected chi connectivity index (χ3v) is 9.04. The molecule has 0 N–H and O–H groups in total. The van der Waals surface area contributed by atoms with Crippen LogP contribution >= 0.6 is 0 Å². The highest BCUT2D eigenvalue weighted by Gasteiger charge is 2.33. The summed E-state index contributed by atoms with van der Waals surface area (Å²) in [7, 11) is 1.84. The zero-order valence-electron chi connectivity index (χ0n) is 17.3. The molecule has 0 amide bonds. The zero-order valence-corrected chi connectivity index (χ0v) is 18.3. The summed E-state index contributed by atoms with van der Waals surface area (Å²) < 4.78 is 11.6. The normalized spacial score (nSPS) is 12.0. The van der Waals surface area contributed by atoms with Gasteiger partial charge in [-0.25, -0.2) is 0 Å². The van der Waals surface area contributed by atoms with Crippen molar-refractivity contribution in [3.63, 3.8) is 0 Å². The SMILES string of the molecule is CCCCCCCCCCCCCCC[Si](CCCC)(OC)OC. The molecule has 0 bridgehead atoms. The first-order valence-electron chi connectivity index (χ1n) is 10.8. The minimum absolute atomic E-state index is 1.16. The molecule has 2 nitrogen and oxygen atoms in total. The van der Waals surface area contributed by atoms with Gasteiger partial charge >= 0.3 is 8.56 Å². The van der Waals surface area contributed by atoms with Crippen LogP contribution in [0.1, 0.15) is 110 Å². The molecule has 0 saturated heterocycles. The van der Waals surface area contributed by atoms with Gasteiger partial charge < -0.3 is 8.85 Å². The fraction of sp³-hybridized carbons (Fsp3) is 1.00. The Balaban J connectivity index is 3.42. The molecule has 0 unspecified atom stereocenters. The van der Waals surface area contributed by atoms with Crippen molar-refractivity contribution in [2.24, 2.45) is 0 Å². The summed E-state index contributed by atoms with van der Waals surface area (Å²) in [5, 5.41) is 0. The summed E-state index contributed by atoms with van der Waals surface area (Å²) in [4.78, 5) is 0. The van der Waals surface area contributed by atoms with Gasteiger partial charge in [-0.3, -0.25) is 0 Å². The van der Waals surface area contributed by atoms with Crippen LogP contribution in [-0.4, -0.2) is 22.8 Å². The summed E-state index contributed by atoms with van der Waals surface area (Å²) in [6.45, 7) is 4.54. The zero-order chi connectivity index (χ0) is 17.9. The van der Waals surface area contributed by atoms with Gasteiger partial charge in [0.1, 0.15) is 0 Å². The fourth-order valence-electron chi connectivity index (χ4n) is 3.47. The Morgan fingerprint density at radius 2 is 0.792 bits per heavy atom. The molecule has 0 rings (SSSR count). The maximum absolute atomic E-state index is 5.81. The molecule has 0 fully saturated rings. The summed E-state index contributed by atoms with van der Waals surface area (Å²) in [5.41, 5.74) is 0. The molecule has 146 valence electrons. The lowest BCUT2D eigenvalue weighted by molar-refractivity contribution is 0.238. The van der Waals surface area contributed by atoms with Crippen LogP contribution in [0.5, 0.6) is 0 Å². The number of hydrogen-bond donors (Lipinski definition) is 0. The lowest BCUT2D eigenvalue weighted by Crippen LogP contribution is -2.39. The van der Waals surface area contributed by atoms with Crippen LogP contribution in [0.2, 0.25) is 12.1 Å². The third-order valence-electron chi connectivity index (χ3n) is 5.32. The molecule has 3 heteroatoms. The van der Waals surface area contributed by atoms with Crippen molar-refractivity contribution in [2.45, 2.75) is 122 Å². The predicted octanol–water partition coefficient (Wildman–Crippen LogP) is 7.61.